The van der Waals surface area contributed by atoms with Gasteiger partial charge in [0.1, 0.15) is 11.6 Å². The van der Waals surface area contributed by atoms with Crippen molar-refractivity contribution in [2.75, 3.05) is 31.6 Å². The molecule has 4 atom stereocenters. The average Bonchev–Trinajstić information content (AvgIpc) is 3.23. The van der Waals surface area contributed by atoms with Crippen molar-refractivity contribution in [2.45, 2.75) is 76.9 Å². The second kappa shape index (κ2) is 11.1. The van der Waals surface area contributed by atoms with Gasteiger partial charge >= 0.3 is 0 Å². The summed E-state index contributed by atoms with van der Waals surface area (Å²) < 4.78 is 44.9. The number of aromatic nitrogens is 1. The SMILES string of the molecule is CC1Cc2c([nH]c3ccccc23)C(c2c(F)cc(NC3CN(CCCF)C3)cc2F)C1C1(CC[C@@H](C)O)CCC1. The van der Waals surface area contributed by atoms with Crippen LogP contribution in [0.2, 0.25) is 0 Å². The first-order chi connectivity index (χ1) is 19.3. The van der Waals surface area contributed by atoms with Gasteiger partial charge in [0.15, 0.2) is 0 Å². The van der Waals surface area contributed by atoms with E-state index in [0.717, 1.165) is 61.8 Å². The molecule has 3 unspecified atom stereocenters. The van der Waals surface area contributed by atoms with E-state index in [-0.39, 0.29) is 35.5 Å². The van der Waals surface area contributed by atoms with E-state index in [4.69, 9.17) is 0 Å². The van der Waals surface area contributed by atoms with E-state index in [2.05, 4.69) is 28.2 Å². The Hall–Kier alpha value is -2.51. The van der Waals surface area contributed by atoms with E-state index in [1.807, 2.05) is 25.1 Å². The maximum Gasteiger partial charge on any atom is 0.132 e. The van der Waals surface area contributed by atoms with E-state index >= 15 is 8.78 Å². The van der Waals surface area contributed by atoms with Gasteiger partial charge in [-0.15, -0.1) is 0 Å². The predicted octanol–water partition coefficient (Wildman–Crippen LogP) is 7.17. The molecule has 1 aliphatic heterocycles. The lowest BCUT2D eigenvalue weighted by molar-refractivity contribution is -0.0189. The summed E-state index contributed by atoms with van der Waals surface area (Å²) in [5.74, 6) is -1.12. The lowest BCUT2D eigenvalue weighted by Crippen LogP contribution is -2.54. The maximum absolute atomic E-state index is 16.2. The van der Waals surface area contributed by atoms with Gasteiger partial charge in [-0.25, -0.2) is 8.78 Å². The quantitative estimate of drug-likeness (QED) is 0.249. The molecule has 216 valence electrons. The summed E-state index contributed by atoms with van der Waals surface area (Å²) in [6.45, 7) is 5.96. The van der Waals surface area contributed by atoms with E-state index in [0.29, 0.717) is 25.1 Å². The van der Waals surface area contributed by atoms with Crippen molar-refractivity contribution in [3.8, 4) is 0 Å². The number of likely N-dealkylation sites (tertiary alicyclic amines) is 1. The van der Waals surface area contributed by atoms with Crippen LogP contribution < -0.4 is 5.32 Å². The molecule has 2 aromatic carbocycles. The molecule has 1 aromatic heterocycles. The third-order valence-electron chi connectivity index (χ3n) is 10.1. The molecule has 2 heterocycles. The van der Waals surface area contributed by atoms with Crippen LogP contribution in [0.3, 0.4) is 0 Å². The first-order valence-corrected chi connectivity index (χ1v) is 15.1. The van der Waals surface area contributed by atoms with Crippen LogP contribution in [-0.4, -0.2) is 53.4 Å². The van der Waals surface area contributed by atoms with Gasteiger partial charge in [0, 0.05) is 53.4 Å². The Kier molecular flexibility index (Phi) is 7.64. The third-order valence-corrected chi connectivity index (χ3v) is 10.1. The molecular formula is C33H42F3N3O. The molecule has 4 nitrogen and oxygen atoms in total. The molecule has 3 N–H and O–H groups in total. The second-order valence-corrected chi connectivity index (χ2v) is 12.8. The van der Waals surface area contributed by atoms with Crippen molar-refractivity contribution in [1.29, 1.82) is 0 Å². The number of alkyl halides is 1. The van der Waals surface area contributed by atoms with Crippen LogP contribution in [-0.2, 0) is 6.42 Å². The lowest BCUT2D eigenvalue weighted by Gasteiger charge is -2.55. The molecule has 0 amide bonds. The van der Waals surface area contributed by atoms with E-state index in [1.165, 1.54) is 17.7 Å². The van der Waals surface area contributed by atoms with E-state index in [1.54, 1.807) is 0 Å². The summed E-state index contributed by atoms with van der Waals surface area (Å²) >= 11 is 0. The number of hydrogen-bond donors (Lipinski definition) is 3. The van der Waals surface area contributed by atoms with Crippen LogP contribution in [0, 0.1) is 28.9 Å². The summed E-state index contributed by atoms with van der Waals surface area (Å²) in [7, 11) is 0. The van der Waals surface area contributed by atoms with Crippen LogP contribution in [0.4, 0.5) is 18.9 Å². The summed E-state index contributed by atoms with van der Waals surface area (Å²) in [5.41, 5.74) is 3.72. The highest BCUT2D eigenvalue weighted by atomic mass is 19.1. The fourth-order valence-corrected chi connectivity index (χ4v) is 8.15. The monoisotopic (exact) mass is 553 g/mol. The molecule has 0 radical (unpaired) electrons. The lowest BCUT2D eigenvalue weighted by atomic mass is 9.49. The van der Waals surface area contributed by atoms with Gasteiger partial charge in [-0.2, -0.15) is 0 Å². The minimum Gasteiger partial charge on any atom is -0.393 e. The number of anilines is 1. The van der Waals surface area contributed by atoms with Crippen LogP contribution in [0.1, 0.15) is 75.1 Å². The van der Waals surface area contributed by atoms with Gasteiger partial charge in [-0.3, -0.25) is 9.29 Å². The zero-order valence-corrected chi connectivity index (χ0v) is 23.7. The number of aromatic amines is 1. The Morgan fingerprint density at radius 2 is 1.88 bits per heavy atom. The van der Waals surface area contributed by atoms with Gasteiger partial charge in [0.25, 0.3) is 0 Å². The molecule has 40 heavy (non-hydrogen) atoms. The number of hydrogen-bond acceptors (Lipinski definition) is 3. The zero-order chi connectivity index (χ0) is 28.0. The molecule has 7 heteroatoms. The van der Waals surface area contributed by atoms with Crippen LogP contribution >= 0.6 is 0 Å². The Bertz CT molecular complexity index is 1320. The van der Waals surface area contributed by atoms with Gasteiger partial charge in [-0.1, -0.05) is 31.5 Å². The number of nitrogens with one attached hydrogen (secondary N) is 2. The molecule has 1 saturated carbocycles. The van der Waals surface area contributed by atoms with Crippen molar-refractivity contribution in [2.24, 2.45) is 17.3 Å². The molecule has 0 spiro atoms. The molecule has 3 aromatic rings. The molecule has 1 saturated heterocycles. The largest absolute Gasteiger partial charge is 0.393 e. The summed E-state index contributed by atoms with van der Waals surface area (Å²) in [6, 6.07) is 11.2. The Labute approximate surface area is 235 Å². The highest BCUT2D eigenvalue weighted by molar-refractivity contribution is 5.85. The molecule has 3 aliphatic rings. The number of nitrogens with zero attached hydrogens (tertiary/aromatic N) is 1. The third kappa shape index (κ3) is 4.94. The van der Waals surface area contributed by atoms with Crippen molar-refractivity contribution in [1.82, 2.24) is 9.88 Å². The number of aliphatic hydroxyl groups is 1. The van der Waals surface area contributed by atoms with Crippen molar-refractivity contribution in [3.05, 3.63) is 64.9 Å². The predicted molar refractivity (Wildman–Crippen MR) is 154 cm³/mol. The number of rotatable bonds is 10. The maximum atomic E-state index is 16.2. The topological polar surface area (TPSA) is 51.3 Å². The molecule has 2 aliphatic carbocycles. The minimum atomic E-state index is -0.505. The van der Waals surface area contributed by atoms with Crippen molar-refractivity contribution in [3.63, 3.8) is 0 Å². The zero-order valence-electron chi connectivity index (χ0n) is 23.7. The number of benzene rings is 2. The van der Waals surface area contributed by atoms with E-state index in [9.17, 15) is 9.50 Å². The van der Waals surface area contributed by atoms with Gasteiger partial charge in [0.2, 0.25) is 0 Å². The molecule has 0 bridgehead atoms. The fourth-order valence-electron chi connectivity index (χ4n) is 8.15. The number of halogens is 3. The Morgan fingerprint density at radius 3 is 2.52 bits per heavy atom. The average molecular weight is 554 g/mol. The number of H-pyrrole nitrogens is 1. The molecule has 6 rings (SSSR count). The standard InChI is InChI=1S/C33H42F3N3O/c1-20-15-25-24-7-3-4-8-28(24)38-32(25)30(31(20)33(10-5-11-33)12-9-21(2)40)29-26(35)16-22(17-27(29)36)37-23-18-39(19-23)14-6-13-34/h3-4,7-8,16-17,20-21,23,30-31,37-38,40H,5-6,9-15,18-19H2,1-2H3/t20?,21-,30?,31?/m1/s1. The summed E-state index contributed by atoms with van der Waals surface area (Å²) in [4.78, 5) is 5.76. The van der Waals surface area contributed by atoms with Crippen LogP contribution in [0.15, 0.2) is 36.4 Å². The van der Waals surface area contributed by atoms with Crippen molar-refractivity contribution >= 4 is 16.6 Å². The minimum absolute atomic E-state index is 0.0408. The van der Waals surface area contributed by atoms with Crippen LogP contribution in [0.5, 0.6) is 0 Å². The van der Waals surface area contributed by atoms with Gasteiger partial charge in [-0.05, 0) is 86.5 Å². The first-order valence-electron chi connectivity index (χ1n) is 15.1. The normalized spacial score (nSPS) is 25.3. The smallest absolute Gasteiger partial charge is 0.132 e. The second-order valence-electron chi connectivity index (χ2n) is 12.8. The Morgan fingerprint density at radius 1 is 1.15 bits per heavy atom. The number of para-hydroxylation sites is 1. The van der Waals surface area contributed by atoms with Gasteiger partial charge in [0.05, 0.1) is 18.8 Å². The highest BCUT2D eigenvalue weighted by Crippen LogP contribution is 2.62. The molecule has 2 fully saturated rings. The highest BCUT2D eigenvalue weighted by Gasteiger charge is 2.53. The van der Waals surface area contributed by atoms with Crippen LogP contribution in [0.25, 0.3) is 10.9 Å². The summed E-state index contributed by atoms with van der Waals surface area (Å²) in [5, 5.41) is 14.6. The van der Waals surface area contributed by atoms with E-state index < -0.39 is 23.7 Å². The summed E-state index contributed by atoms with van der Waals surface area (Å²) in [6.07, 6.45) is 5.75. The fraction of sp³-hybridized carbons (Fsp3) is 0.576. The molecular weight excluding hydrogens is 511 g/mol. The van der Waals surface area contributed by atoms with Crippen molar-refractivity contribution < 1.29 is 18.3 Å². The number of aliphatic hydroxyl groups excluding tert-OH is 1. The van der Waals surface area contributed by atoms with Gasteiger partial charge < -0.3 is 15.4 Å². The number of fused-ring (bicyclic) bond motifs is 3. The first kappa shape index (κ1) is 27.6. The Balaban J connectivity index is 1.38.